The van der Waals surface area contributed by atoms with E-state index < -0.39 is 38.6 Å². The predicted molar refractivity (Wildman–Crippen MR) is 98.4 cm³/mol. The summed E-state index contributed by atoms with van der Waals surface area (Å²) in [5, 5.41) is 2.46. The molecule has 0 radical (unpaired) electrons. The highest BCUT2D eigenvalue weighted by Crippen LogP contribution is 2.33. The van der Waals surface area contributed by atoms with E-state index in [9.17, 15) is 26.4 Å². The fourth-order valence-corrected chi connectivity index (χ4v) is 3.69. The number of benzene rings is 1. The Morgan fingerprint density at radius 3 is 2.32 bits per heavy atom. The molecule has 1 amide bonds. The number of carbonyl (C=O) groups is 1. The highest BCUT2D eigenvalue weighted by molar-refractivity contribution is 7.89. The van der Waals surface area contributed by atoms with Gasteiger partial charge in [-0.05, 0) is 31.2 Å². The summed E-state index contributed by atoms with van der Waals surface area (Å²) >= 11 is 0. The van der Waals surface area contributed by atoms with Crippen LogP contribution in [0.15, 0.2) is 47.5 Å². The number of halogens is 3. The number of nitrogens with zero attached hydrogens (tertiary/aromatic N) is 2. The Balaban J connectivity index is 2.15. The van der Waals surface area contributed by atoms with Gasteiger partial charge in [-0.25, -0.2) is 13.4 Å². The molecule has 7 nitrogen and oxygen atoms in total. The van der Waals surface area contributed by atoms with Gasteiger partial charge >= 0.3 is 6.18 Å². The topological polar surface area (TPSA) is 91.4 Å². The Kier molecular flexibility index (Phi) is 6.30. The van der Waals surface area contributed by atoms with Crippen LogP contribution in [0.2, 0.25) is 0 Å². The molecule has 0 fully saturated rings. The number of pyridine rings is 1. The number of carbonyl (C=O) groups excluding carboxylic acids is 1. The van der Waals surface area contributed by atoms with Gasteiger partial charge in [-0.2, -0.15) is 17.9 Å². The van der Waals surface area contributed by atoms with Gasteiger partial charge in [0.1, 0.15) is 5.82 Å². The molecule has 2 rings (SSSR count). The number of rotatable bonds is 6. The van der Waals surface area contributed by atoms with Crippen molar-refractivity contribution < 1.29 is 26.4 Å². The van der Waals surface area contributed by atoms with Crippen LogP contribution in [-0.4, -0.2) is 39.4 Å². The first kappa shape index (κ1) is 21.6. The summed E-state index contributed by atoms with van der Waals surface area (Å²) in [6.45, 7) is 1.23. The van der Waals surface area contributed by atoms with Crippen LogP contribution in [0.4, 0.5) is 24.7 Å². The Morgan fingerprint density at radius 1 is 1.14 bits per heavy atom. The molecule has 0 saturated carbocycles. The summed E-state index contributed by atoms with van der Waals surface area (Å²) in [6, 6.07) is 5.65. The number of amides is 1. The van der Waals surface area contributed by atoms with Gasteiger partial charge in [0.05, 0.1) is 28.4 Å². The molecule has 11 heteroatoms. The number of nitrogens with one attached hydrogen (secondary N) is 2. The molecule has 0 saturated heterocycles. The first-order valence-electron chi connectivity index (χ1n) is 8.04. The molecular weight excluding hydrogens is 397 g/mol. The molecule has 1 heterocycles. The fourth-order valence-electron chi connectivity index (χ4n) is 2.26. The number of hydrogen-bond acceptors (Lipinski definition) is 5. The second-order valence-electron chi connectivity index (χ2n) is 6.13. The van der Waals surface area contributed by atoms with Gasteiger partial charge in [-0.15, -0.1) is 0 Å². The second-order valence-corrected chi connectivity index (χ2v) is 7.81. The third-order valence-corrected chi connectivity index (χ3v) is 5.28. The van der Waals surface area contributed by atoms with Crippen molar-refractivity contribution in [2.75, 3.05) is 24.3 Å². The van der Waals surface area contributed by atoms with E-state index in [1.807, 2.05) is 4.72 Å². The van der Waals surface area contributed by atoms with E-state index in [1.165, 1.54) is 19.2 Å². The lowest BCUT2D eigenvalue weighted by Crippen LogP contribution is -2.42. The molecule has 152 valence electrons. The van der Waals surface area contributed by atoms with Gasteiger partial charge in [0.25, 0.3) is 0 Å². The van der Waals surface area contributed by atoms with Crippen molar-refractivity contribution >= 4 is 27.4 Å². The quantitative estimate of drug-likeness (QED) is 0.755. The Bertz CT molecular complexity index is 945. The van der Waals surface area contributed by atoms with Crippen LogP contribution in [0.5, 0.6) is 0 Å². The number of hydrogen-bond donors (Lipinski definition) is 2. The van der Waals surface area contributed by atoms with Crippen LogP contribution in [0.3, 0.4) is 0 Å². The van der Waals surface area contributed by atoms with Crippen LogP contribution in [0.25, 0.3) is 0 Å². The largest absolute Gasteiger partial charge is 0.417 e. The molecule has 2 aromatic rings. The molecule has 0 aliphatic rings. The number of sulfonamides is 1. The summed E-state index contributed by atoms with van der Waals surface area (Å²) in [5.74, 6) is -0.0945. The Hall–Kier alpha value is -2.66. The summed E-state index contributed by atoms with van der Waals surface area (Å²) < 4.78 is 65.9. The van der Waals surface area contributed by atoms with E-state index in [-0.39, 0.29) is 0 Å². The Labute approximate surface area is 160 Å². The molecule has 1 aromatic carbocycles. The molecule has 1 atom stereocenters. The van der Waals surface area contributed by atoms with Gasteiger partial charge < -0.3 is 10.2 Å². The van der Waals surface area contributed by atoms with Crippen molar-refractivity contribution in [3.63, 3.8) is 0 Å². The maximum Gasteiger partial charge on any atom is 0.417 e. The summed E-state index contributed by atoms with van der Waals surface area (Å²) in [7, 11) is -1.01. The average molecular weight is 416 g/mol. The van der Waals surface area contributed by atoms with Crippen molar-refractivity contribution in [3.05, 3.63) is 48.2 Å². The van der Waals surface area contributed by atoms with Crippen LogP contribution >= 0.6 is 0 Å². The monoisotopic (exact) mass is 416 g/mol. The lowest BCUT2D eigenvalue weighted by atomic mass is 10.2. The van der Waals surface area contributed by atoms with Crippen LogP contribution in [-0.2, 0) is 21.0 Å². The minimum atomic E-state index is -4.85. The Morgan fingerprint density at radius 2 is 1.79 bits per heavy atom. The molecule has 0 aliphatic carbocycles. The van der Waals surface area contributed by atoms with E-state index in [2.05, 4.69) is 10.3 Å². The summed E-state index contributed by atoms with van der Waals surface area (Å²) in [6.07, 6.45) is -3.47. The van der Waals surface area contributed by atoms with E-state index in [4.69, 9.17) is 0 Å². The summed E-state index contributed by atoms with van der Waals surface area (Å²) in [5.41, 5.74) is -0.990. The smallest absolute Gasteiger partial charge is 0.363 e. The normalized spacial score (nSPS) is 13.1. The van der Waals surface area contributed by atoms with Gasteiger partial charge in [0.2, 0.25) is 15.9 Å². The molecule has 0 bridgehead atoms. The van der Waals surface area contributed by atoms with E-state index in [1.54, 1.807) is 31.1 Å². The number of anilines is 2. The third kappa shape index (κ3) is 5.20. The van der Waals surface area contributed by atoms with Gasteiger partial charge in [0, 0.05) is 14.1 Å². The fraction of sp³-hybridized carbons (Fsp3) is 0.294. The van der Waals surface area contributed by atoms with Gasteiger partial charge in [-0.1, -0.05) is 12.1 Å². The van der Waals surface area contributed by atoms with Crippen molar-refractivity contribution in [2.24, 2.45) is 0 Å². The standard InChI is InChI=1S/C17H19F3N4O3S/c1-11(16(25)22-12-8-9-15(21-10-12)24(2)3)23-28(26,27)14-7-5-4-6-13(14)17(18,19)20/h4-11,23H,1-3H3,(H,22,25)/t11-/m0/s1. The lowest BCUT2D eigenvalue weighted by molar-refractivity contribution is -0.139. The summed E-state index contributed by atoms with van der Waals surface area (Å²) in [4.78, 5) is 17.1. The SMILES string of the molecule is C[C@H](NS(=O)(=O)c1ccccc1C(F)(F)F)C(=O)Nc1ccc(N(C)C)nc1. The minimum absolute atomic E-state index is 0.317. The van der Waals surface area contributed by atoms with E-state index >= 15 is 0 Å². The zero-order chi connectivity index (χ0) is 21.1. The molecule has 1 aromatic heterocycles. The van der Waals surface area contributed by atoms with Crippen LogP contribution in [0.1, 0.15) is 12.5 Å². The lowest BCUT2D eigenvalue weighted by Gasteiger charge is -2.17. The molecule has 0 unspecified atom stereocenters. The zero-order valence-corrected chi connectivity index (χ0v) is 16.1. The predicted octanol–water partition coefficient (Wildman–Crippen LogP) is 2.47. The van der Waals surface area contributed by atoms with Gasteiger partial charge in [-0.3, -0.25) is 4.79 Å². The maximum atomic E-state index is 13.1. The van der Waals surface area contributed by atoms with E-state index in [0.717, 1.165) is 12.1 Å². The average Bonchev–Trinajstić information content (AvgIpc) is 2.61. The molecule has 2 N–H and O–H groups in total. The second kappa shape index (κ2) is 8.15. The van der Waals surface area contributed by atoms with Crippen LogP contribution < -0.4 is 14.9 Å². The molecule has 28 heavy (non-hydrogen) atoms. The molecule has 0 spiro atoms. The molecule has 0 aliphatic heterocycles. The highest BCUT2D eigenvalue weighted by Gasteiger charge is 2.37. The number of alkyl halides is 3. The molecular formula is C17H19F3N4O3S. The van der Waals surface area contributed by atoms with Crippen molar-refractivity contribution in [1.29, 1.82) is 0 Å². The first-order valence-corrected chi connectivity index (χ1v) is 9.53. The number of aromatic nitrogens is 1. The third-order valence-electron chi connectivity index (χ3n) is 3.68. The highest BCUT2D eigenvalue weighted by atomic mass is 32.2. The minimum Gasteiger partial charge on any atom is -0.363 e. The van der Waals surface area contributed by atoms with Crippen LogP contribution in [0, 0.1) is 0 Å². The maximum absolute atomic E-state index is 13.1. The van der Waals surface area contributed by atoms with E-state index in [0.29, 0.717) is 17.6 Å². The van der Waals surface area contributed by atoms with Crippen molar-refractivity contribution in [3.8, 4) is 0 Å². The van der Waals surface area contributed by atoms with Crippen molar-refractivity contribution in [2.45, 2.75) is 24.0 Å². The van der Waals surface area contributed by atoms with Gasteiger partial charge in [0.15, 0.2) is 0 Å². The van der Waals surface area contributed by atoms with Crippen molar-refractivity contribution in [1.82, 2.24) is 9.71 Å². The zero-order valence-electron chi connectivity index (χ0n) is 15.3. The first-order chi connectivity index (χ1) is 12.9.